The van der Waals surface area contributed by atoms with Crippen LogP contribution < -0.4 is 10.1 Å². The predicted molar refractivity (Wildman–Crippen MR) is 94.3 cm³/mol. The number of para-hydroxylation sites is 1. The van der Waals surface area contributed by atoms with Crippen molar-refractivity contribution in [3.05, 3.63) is 23.2 Å². The lowest BCUT2D eigenvalue weighted by molar-refractivity contribution is -0.143. The van der Waals surface area contributed by atoms with Crippen LogP contribution in [-0.4, -0.2) is 55.4 Å². The molecule has 1 aliphatic rings. The van der Waals surface area contributed by atoms with Crippen LogP contribution in [0.15, 0.2) is 18.2 Å². The molecule has 1 saturated heterocycles. The maximum Gasteiger partial charge on any atom is 0.321 e. The monoisotopic (exact) mass is 370 g/mol. The van der Waals surface area contributed by atoms with Gasteiger partial charge in [0.15, 0.2) is 5.75 Å². The van der Waals surface area contributed by atoms with Gasteiger partial charge in [-0.2, -0.15) is 0 Å². The normalized spacial score (nSPS) is 20.2. The molecule has 2 unspecified atom stereocenters. The average molecular weight is 371 g/mol. The van der Waals surface area contributed by atoms with E-state index in [2.05, 4.69) is 5.32 Å². The van der Waals surface area contributed by atoms with Crippen molar-refractivity contribution < 1.29 is 24.2 Å². The summed E-state index contributed by atoms with van der Waals surface area (Å²) in [7, 11) is 1.56. The summed E-state index contributed by atoms with van der Waals surface area (Å²) >= 11 is 6.16. The van der Waals surface area contributed by atoms with E-state index in [0.29, 0.717) is 42.6 Å². The molecule has 0 aliphatic carbocycles. The number of carbonyl (C=O) groups is 2. The zero-order valence-corrected chi connectivity index (χ0v) is 15.1. The number of hydrogen-bond donors (Lipinski definition) is 2. The zero-order chi connectivity index (χ0) is 18.4. The number of halogens is 1. The fraction of sp³-hybridized carbons (Fsp3) is 0.529. The van der Waals surface area contributed by atoms with Crippen LogP contribution in [-0.2, 0) is 9.53 Å². The van der Waals surface area contributed by atoms with E-state index in [9.17, 15) is 14.7 Å². The number of nitrogens with one attached hydrogen (secondary N) is 1. The van der Waals surface area contributed by atoms with Crippen LogP contribution in [0.1, 0.15) is 13.3 Å². The van der Waals surface area contributed by atoms with Gasteiger partial charge >= 0.3 is 12.0 Å². The lowest BCUT2D eigenvalue weighted by atomic mass is 9.91. The average Bonchev–Trinajstić information content (AvgIpc) is 2.56. The Bertz CT molecular complexity index is 625. The van der Waals surface area contributed by atoms with Gasteiger partial charge < -0.3 is 24.8 Å². The Kier molecular flexibility index (Phi) is 6.90. The Morgan fingerprint density at radius 3 is 2.80 bits per heavy atom. The van der Waals surface area contributed by atoms with Crippen LogP contribution >= 0.6 is 11.6 Å². The molecule has 1 fully saturated rings. The van der Waals surface area contributed by atoms with Crippen molar-refractivity contribution in [1.29, 1.82) is 0 Å². The van der Waals surface area contributed by atoms with E-state index >= 15 is 0 Å². The Morgan fingerprint density at radius 2 is 2.12 bits per heavy atom. The first-order valence-corrected chi connectivity index (χ1v) is 8.49. The number of likely N-dealkylation sites (tertiary alicyclic amines) is 1. The highest BCUT2D eigenvalue weighted by Gasteiger charge is 2.32. The molecule has 7 nitrogen and oxygen atoms in total. The summed E-state index contributed by atoms with van der Waals surface area (Å²) in [4.78, 5) is 25.4. The number of methoxy groups -OCH3 is 1. The maximum atomic E-state index is 12.6. The number of urea groups is 1. The summed E-state index contributed by atoms with van der Waals surface area (Å²) in [6, 6.07) is 4.70. The van der Waals surface area contributed by atoms with Gasteiger partial charge in [-0.15, -0.1) is 0 Å². The molecule has 0 aromatic heterocycles. The smallest absolute Gasteiger partial charge is 0.321 e. The molecule has 138 valence electrons. The third-order valence-electron chi connectivity index (χ3n) is 4.04. The van der Waals surface area contributed by atoms with E-state index in [4.69, 9.17) is 21.1 Å². The van der Waals surface area contributed by atoms with Gasteiger partial charge in [-0.05, 0) is 24.5 Å². The topological polar surface area (TPSA) is 88.1 Å². The fourth-order valence-corrected chi connectivity index (χ4v) is 3.10. The van der Waals surface area contributed by atoms with E-state index in [1.165, 1.54) is 4.90 Å². The second-order valence-corrected chi connectivity index (χ2v) is 6.58. The number of ether oxygens (including phenoxy) is 2. The summed E-state index contributed by atoms with van der Waals surface area (Å²) in [5.74, 6) is -0.936. The molecule has 1 aromatic rings. The van der Waals surface area contributed by atoms with Gasteiger partial charge in [0.25, 0.3) is 0 Å². The summed E-state index contributed by atoms with van der Waals surface area (Å²) < 4.78 is 10.5. The van der Waals surface area contributed by atoms with Gasteiger partial charge in [-0.3, -0.25) is 4.79 Å². The molecule has 0 spiro atoms. The molecular formula is C17H23ClN2O5. The Balaban J connectivity index is 2.09. The summed E-state index contributed by atoms with van der Waals surface area (Å²) in [5, 5.41) is 12.4. The third kappa shape index (κ3) is 5.24. The van der Waals surface area contributed by atoms with Crippen LogP contribution in [0.5, 0.6) is 5.75 Å². The van der Waals surface area contributed by atoms with Crippen LogP contribution in [0, 0.1) is 11.8 Å². The van der Waals surface area contributed by atoms with Crippen molar-refractivity contribution in [3.8, 4) is 5.75 Å². The minimum Gasteiger partial charge on any atom is -0.487 e. The van der Waals surface area contributed by atoms with E-state index < -0.39 is 11.9 Å². The van der Waals surface area contributed by atoms with Gasteiger partial charge in [0.05, 0.1) is 23.2 Å². The first kappa shape index (κ1) is 19.3. The fourth-order valence-electron chi connectivity index (χ4n) is 2.87. The minimum absolute atomic E-state index is 0.123. The van der Waals surface area contributed by atoms with Crippen molar-refractivity contribution in [2.75, 3.05) is 38.7 Å². The van der Waals surface area contributed by atoms with Crippen LogP contribution in [0.3, 0.4) is 0 Å². The second kappa shape index (κ2) is 8.92. The number of piperidine rings is 1. The van der Waals surface area contributed by atoms with Crippen LogP contribution in [0.4, 0.5) is 10.5 Å². The van der Waals surface area contributed by atoms with E-state index in [0.717, 1.165) is 0 Å². The number of carboxylic acids is 1. The van der Waals surface area contributed by atoms with E-state index in [1.54, 1.807) is 25.3 Å². The predicted octanol–water partition coefficient (Wildman–Crippen LogP) is 2.94. The SMILES string of the molecule is COCCOc1c(Cl)cccc1NC(=O)N1CC(C)CC(C(=O)O)C1. The van der Waals surface area contributed by atoms with Gasteiger partial charge in [0.2, 0.25) is 0 Å². The number of benzene rings is 1. The molecule has 8 heteroatoms. The van der Waals surface area contributed by atoms with Crippen LogP contribution in [0.25, 0.3) is 0 Å². The number of aliphatic carboxylic acids is 1. The van der Waals surface area contributed by atoms with Crippen molar-refractivity contribution in [2.45, 2.75) is 13.3 Å². The van der Waals surface area contributed by atoms with Gasteiger partial charge in [0.1, 0.15) is 6.61 Å². The molecule has 0 saturated carbocycles. The Labute approximate surface area is 151 Å². The third-order valence-corrected chi connectivity index (χ3v) is 4.34. The summed E-state index contributed by atoms with van der Waals surface area (Å²) in [6.07, 6.45) is 0.571. The Morgan fingerprint density at radius 1 is 1.36 bits per heavy atom. The number of carbonyl (C=O) groups excluding carboxylic acids is 1. The number of nitrogens with zero attached hydrogens (tertiary/aromatic N) is 1. The molecule has 2 N–H and O–H groups in total. The van der Waals surface area contributed by atoms with Gasteiger partial charge in [-0.1, -0.05) is 24.6 Å². The lowest BCUT2D eigenvalue weighted by Gasteiger charge is -2.34. The quantitative estimate of drug-likeness (QED) is 0.751. The first-order valence-electron chi connectivity index (χ1n) is 8.11. The standard InChI is InChI=1S/C17H23ClN2O5/c1-11-8-12(16(21)22)10-20(9-11)17(23)19-14-5-3-4-13(18)15(14)25-7-6-24-2/h3-5,11-12H,6-10H2,1-2H3,(H,19,23)(H,21,22). The second-order valence-electron chi connectivity index (χ2n) is 6.17. The van der Waals surface area contributed by atoms with Crippen molar-refractivity contribution in [1.82, 2.24) is 4.90 Å². The molecular weight excluding hydrogens is 348 g/mol. The minimum atomic E-state index is -0.879. The number of hydrogen-bond acceptors (Lipinski definition) is 4. The highest BCUT2D eigenvalue weighted by atomic mass is 35.5. The highest BCUT2D eigenvalue weighted by Crippen LogP contribution is 2.33. The first-order chi connectivity index (χ1) is 11.9. The number of rotatable bonds is 6. The van der Waals surface area contributed by atoms with Gasteiger partial charge in [0, 0.05) is 20.2 Å². The molecule has 0 bridgehead atoms. The van der Waals surface area contributed by atoms with Crippen molar-refractivity contribution in [2.24, 2.45) is 11.8 Å². The molecule has 2 amide bonds. The molecule has 0 radical (unpaired) electrons. The number of carboxylic acid groups (broad SMARTS) is 1. The highest BCUT2D eigenvalue weighted by molar-refractivity contribution is 6.32. The molecule has 2 rings (SSSR count). The molecule has 2 atom stereocenters. The molecule has 25 heavy (non-hydrogen) atoms. The largest absolute Gasteiger partial charge is 0.487 e. The number of amides is 2. The van der Waals surface area contributed by atoms with Crippen molar-refractivity contribution >= 4 is 29.3 Å². The summed E-state index contributed by atoms with van der Waals surface area (Å²) in [6.45, 7) is 3.32. The van der Waals surface area contributed by atoms with E-state index in [1.807, 2.05) is 6.92 Å². The maximum absolute atomic E-state index is 12.6. The van der Waals surface area contributed by atoms with Crippen LogP contribution in [0.2, 0.25) is 5.02 Å². The molecule has 1 aliphatic heterocycles. The van der Waals surface area contributed by atoms with Crippen molar-refractivity contribution in [3.63, 3.8) is 0 Å². The lowest BCUT2D eigenvalue weighted by Crippen LogP contribution is -2.47. The summed E-state index contributed by atoms with van der Waals surface area (Å²) in [5.41, 5.74) is 0.443. The molecule has 1 aromatic carbocycles. The number of anilines is 1. The zero-order valence-electron chi connectivity index (χ0n) is 14.3. The van der Waals surface area contributed by atoms with E-state index in [-0.39, 0.29) is 18.5 Å². The Hall–Kier alpha value is -1.99. The molecule has 1 heterocycles. The van der Waals surface area contributed by atoms with Gasteiger partial charge in [-0.25, -0.2) is 4.79 Å².